The van der Waals surface area contributed by atoms with Crippen molar-refractivity contribution in [1.29, 1.82) is 0 Å². The molecule has 1 N–H and O–H groups in total. The highest BCUT2D eigenvalue weighted by atomic mass is 35.5. The van der Waals surface area contributed by atoms with Crippen LogP contribution in [0.4, 0.5) is 5.69 Å². The first-order valence-corrected chi connectivity index (χ1v) is 10.9. The van der Waals surface area contributed by atoms with Crippen LogP contribution in [0.15, 0.2) is 42.5 Å². The van der Waals surface area contributed by atoms with Crippen molar-refractivity contribution in [3.05, 3.63) is 52.5 Å². The minimum atomic E-state index is -3.74. The fourth-order valence-corrected chi connectivity index (χ4v) is 4.07. The molecule has 150 valence electrons. The monoisotopic (exact) mass is 444 g/mol. The summed E-state index contributed by atoms with van der Waals surface area (Å²) in [7, 11) is -3.74. The summed E-state index contributed by atoms with van der Waals surface area (Å²) < 4.78 is 36.6. The van der Waals surface area contributed by atoms with Gasteiger partial charge in [0.2, 0.25) is 15.9 Å². The smallest absolute Gasteiger partial charge is 0.240 e. The molecule has 1 atom stereocenters. The van der Waals surface area contributed by atoms with Crippen LogP contribution in [0.1, 0.15) is 0 Å². The SMILES string of the molecule is CS(=O)(=O)N(CC(=O)NCC1COc2ccccc2O1)c1ccc(Cl)cc1Cl. The van der Waals surface area contributed by atoms with Gasteiger partial charge in [0.05, 0.1) is 23.5 Å². The van der Waals surface area contributed by atoms with Gasteiger partial charge in [0.25, 0.3) is 0 Å². The summed E-state index contributed by atoms with van der Waals surface area (Å²) in [5.74, 6) is 0.739. The van der Waals surface area contributed by atoms with E-state index in [1.54, 1.807) is 12.1 Å². The van der Waals surface area contributed by atoms with Crippen LogP contribution < -0.4 is 19.1 Å². The summed E-state index contributed by atoms with van der Waals surface area (Å²) in [5, 5.41) is 3.16. The number of sulfonamides is 1. The minimum Gasteiger partial charge on any atom is -0.486 e. The molecular weight excluding hydrogens is 427 g/mol. The third-order valence-electron chi connectivity index (χ3n) is 3.96. The Morgan fingerprint density at radius 3 is 2.61 bits per heavy atom. The molecule has 0 aromatic heterocycles. The van der Waals surface area contributed by atoms with E-state index < -0.39 is 22.5 Å². The molecule has 0 spiro atoms. The van der Waals surface area contributed by atoms with Crippen LogP contribution in [-0.2, 0) is 14.8 Å². The fourth-order valence-electron chi connectivity index (χ4n) is 2.64. The molecule has 0 aliphatic carbocycles. The van der Waals surface area contributed by atoms with E-state index in [0.717, 1.165) is 10.6 Å². The first-order valence-electron chi connectivity index (χ1n) is 8.32. The van der Waals surface area contributed by atoms with Crippen LogP contribution in [0, 0.1) is 0 Å². The van der Waals surface area contributed by atoms with E-state index in [1.807, 2.05) is 12.1 Å². The lowest BCUT2D eigenvalue weighted by atomic mass is 10.2. The molecule has 0 saturated heterocycles. The highest BCUT2D eigenvalue weighted by molar-refractivity contribution is 7.92. The van der Waals surface area contributed by atoms with Crippen LogP contribution in [0.5, 0.6) is 11.5 Å². The first-order chi connectivity index (χ1) is 13.2. The maximum atomic E-state index is 12.4. The third-order valence-corrected chi connectivity index (χ3v) is 5.62. The van der Waals surface area contributed by atoms with E-state index in [-0.39, 0.29) is 30.0 Å². The number of benzene rings is 2. The number of hydrogen-bond acceptors (Lipinski definition) is 5. The topological polar surface area (TPSA) is 84.9 Å². The standard InChI is InChI=1S/C18H18Cl2N2O5S/c1-28(24,25)22(15-7-6-12(19)8-14(15)20)10-18(23)21-9-13-11-26-16-4-2-3-5-17(16)27-13/h2-8,13H,9-11H2,1H3,(H,21,23). The van der Waals surface area contributed by atoms with E-state index in [0.29, 0.717) is 16.5 Å². The number of carbonyl (C=O) groups is 1. The first kappa shape index (κ1) is 20.6. The van der Waals surface area contributed by atoms with Gasteiger partial charge in [-0.25, -0.2) is 8.42 Å². The lowest BCUT2D eigenvalue weighted by Gasteiger charge is -2.27. The highest BCUT2D eigenvalue weighted by Gasteiger charge is 2.25. The summed E-state index contributed by atoms with van der Waals surface area (Å²) in [5.41, 5.74) is 0.176. The summed E-state index contributed by atoms with van der Waals surface area (Å²) in [6.45, 7) is 0.0135. The molecule has 1 aliphatic rings. The zero-order valence-electron chi connectivity index (χ0n) is 14.9. The van der Waals surface area contributed by atoms with Gasteiger partial charge in [0.1, 0.15) is 19.3 Å². The molecule has 1 heterocycles. The van der Waals surface area contributed by atoms with Gasteiger partial charge in [-0.05, 0) is 30.3 Å². The number of nitrogens with zero attached hydrogens (tertiary/aromatic N) is 1. The number of fused-ring (bicyclic) bond motifs is 1. The van der Waals surface area contributed by atoms with Gasteiger partial charge in [-0.2, -0.15) is 0 Å². The molecule has 1 amide bonds. The van der Waals surface area contributed by atoms with Crippen molar-refractivity contribution in [1.82, 2.24) is 5.32 Å². The molecule has 1 unspecified atom stereocenters. The van der Waals surface area contributed by atoms with E-state index in [1.165, 1.54) is 18.2 Å². The van der Waals surface area contributed by atoms with Crippen LogP contribution in [0.3, 0.4) is 0 Å². The Kier molecular flexibility index (Phi) is 6.22. The van der Waals surface area contributed by atoms with Gasteiger partial charge < -0.3 is 14.8 Å². The largest absolute Gasteiger partial charge is 0.486 e. The molecule has 0 fully saturated rings. The van der Waals surface area contributed by atoms with Crippen molar-refractivity contribution in [2.24, 2.45) is 0 Å². The highest BCUT2D eigenvalue weighted by Crippen LogP contribution is 2.31. The molecule has 1 aliphatic heterocycles. The number of para-hydroxylation sites is 2. The normalized spacial score (nSPS) is 15.8. The van der Waals surface area contributed by atoms with Gasteiger partial charge >= 0.3 is 0 Å². The Balaban J connectivity index is 1.63. The van der Waals surface area contributed by atoms with Gasteiger partial charge in [0.15, 0.2) is 11.5 Å². The van der Waals surface area contributed by atoms with Crippen LogP contribution in [0.25, 0.3) is 0 Å². The molecule has 2 aromatic carbocycles. The second-order valence-electron chi connectivity index (χ2n) is 6.17. The summed E-state index contributed by atoms with van der Waals surface area (Å²) >= 11 is 12.0. The van der Waals surface area contributed by atoms with Crippen molar-refractivity contribution in [3.63, 3.8) is 0 Å². The number of amides is 1. The van der Waals surface area contributed by atoms with Crippen molar-refractivity contribution < 1.29 is 22.7 Å². The van der Waals surface area contributed by atoms with Gasteiger partial charge in [-0.1, -0.05) is 35.3 Å². The Hall–Kier alpha value is -2.16. The number of rotatable bonds is 6. The maximum absolute atomic E-state index is 12.4. The Morgan fingerprint density at radius 2 is 1.93 bits per heavy atom. The predicted octanol–water partition coefficient (Wildman–Crippen LogP) is 2.72. The maximum Gasteiger partial charge on any atom is 0.240 e. The Labute approximate surface area is 173 Å². The molecule has 0 bridgehead atoms. The number of hydrogen-bond donors (Lipinski definition) is 1. The van der Waals surface area contributed by atoms with E-state index in [2.05, 4.69) is 5.32 Å². The average molecular weight is 445 g/mol. The number of ether oxygens (including phenoxy) is 2. The van der Waals surface area contributed by atoms with E-state index in [4.69, 9.17) is 32.7 Å². The zero-order chi connectivity index (χ0) is 20.3. The molecule has 28 heavy (non-hydrogen) atoms. The second-order valence-corrected chi connectivity index (χ2v) is 8.92. The molecule has 2 aromatic rings. The predicted molar refractivity (Wildman–Crippen MR) is 108 cm³/mol. The Bertz CT molecular complexity index is 984. The minimum absolute atomic E-state index is 0.131. The van der Waals surface area contributed by atoms with Crippen molar-refractivity contribution in [2.75, 3.05) is 30.3 Å². The molecule has 0 radical (unpaired) electrons. The fraction of sp³-hybridized carbons (Fsp3) is 0.278. The second kappa shape index (κ2) is 8.46. The van der Waals surface area contributed by atoms with Gasteiger partial charge in [-0.3, -0.25) is 9.10 Å². The van der Waals surface area contributed by atoms with Gasteiger partial charge in [0, 0.05) is 5.02 Å². The third kappa shape index (κ3) is 5.01. The molecule has 10 heteroatoms. The Morgan fingerprint density at radius 1 is 1.21 bits per heavy atom. The molecule has 7 nitrogen and oxygen atoms in total. The zero-order valence-corrected chi connectivity index (χ0v) is 17.2. The van der Waals surface area contributed by atoms with E-state index in [9.17, 15) is 13.2 Å². The summed E-state index contributed by atoms with van der Waals surface area (Å²) in [6.07, 6.45) is 0.616. The lowest BCUT2D eigenvalue weighted by Crippen LogP contribution is -2.45. The van der Waals surface area contributed by atoms with Crippen LogP contribution >= 0.6 is 23.2 Å². The molecule has 3 rings (SSSR count). The van der Waals surface area contributed by atoms with Crippen LogP contribution in [-0.4, -0.2) is 46.4 Å². The summed E-state index contributed by atoms with van der Waals surface area (Å²) in [4.78, 5) is 12.4. The van der Waals surface area contributed by atoms with Crippen LogP contribution in [0.2, 0.25) is 10.0 Å². The average Bonchev–Trinajstić information content (AvgIpc) is 2.64. The van der Waals surface area contributed by atoms with Crippen molar-refractivity contribution >= 4 is 44.8 Å². The van der Waals surface area contributed by atoms with Crippen molar-refractivity contribution in [3.8, 4) is 11.5 Å². The number of nitrogens with one attached hydrogen (secondary N) is 1. The number of halogens is 2. The quantitative estimate of drug-likeness (QED) is 0.739. The summed E-state index contributed by atoms with van der Waals surface area (Å²) in [6, 6.07) is 11.6. The van der Waals surface area contributed by atoms with Crippen molar-refractivity contribution in [2.45, 2.75) is 6.10 Å². The molecular formula is C18H18Cl2N2O5S. The number of carbonyl (C=O) groups excluding carboxylic acids is 1. The van der Waals surface area contributed by atoms with E-state index >= 15 is 0 Å². The number of anilines is 1. The lowest BCUT2D eigenvalue weighted by molar-refractivity contribution is -0.120. The van der Waals surface area contributed by atoms with Gasteiger partial charge in [-0.15, -0.1) is 0 Å². The molecule has 0 saturated carbocycles.